The number of nitrogens with zero attached hydrogens (tertiary/aromatic N) is 3. The lowest BCUT2D eigenvalue weighted by Gasteiger charge is -2.10. The third-order valence-corrected chi connectivity index (χ3v) is 3.37. The van der Waals surface area contributed by atoms with Gasteiger partial charge in [-0.25, -0.2) is 0 Å². The summed E-state index contributed by atoms with van der Waals surface area (Å²) in [7, 11) is 0. The van der Waals surface area contributed by atoms with Gasteiger partial charge in [-0.3, -0.25) is 10.1 Å². The van der Waals surface area contributed by atoms with Gasteiger partial charge in [-0.1, -0.05) is 23.7 Å². The quantitative estimate of drug-likeness (QED) is 0.636. The average molecular weight is 294 g/mol. The van der Waals surface area contributed by atoms with E-state index < -0.39 is 4.92 Å². The second-order valence-electron chi connectivity index (χ2n) is 4.33. The molecule has 7 heteroatoms. The molecule has 0 amide bonds. The smallest absolute Gasteiger partial charge is 0.314 e. The monoisotopic (exact) mass is 293 g/mol. The highest BCUT2D eigenvalue weighted by atomic mass is 35.5. The molecule has 0 radical (unpaired) electrons. The molecule has 2 rings (SSSR count). The molecule has 1 heterocycles. The maximum Gasteiger partial charge on any atom is 0.314 e. The molecule has 1 aromatic carbocycles. The topological polar surface area (TPSA) is 78.2 Å². The SMILES string of the molecule is Cc1cccc(Oc2nnc(Cl)c(C)c2C)c1[N+](=O)[O-]. The van der Waals surface area contributed by atoms with Crippen molar-refractivity contribution in [1.82, 2.24) is 10.2 Å². The molecule has 20 heavy (non-hydrogen) atoms. The fraction of sp³-hybridized carbons (Fsp3) is 0.231. The average Bonchev–Trinajstić information content (AvgIpc) is 2.39. The number of halogens is 1. The molecule has 0 unspecified atom stereocenters. The molecule has 6 nitrogen and oxygen atoms in total. The molecule has 0 N–H and O–H groups in total. The van der Waals surface area contributed by atoms with Crippen molar-refractivity contribution in [2.24, 2.45) is 0 Å². The van der Waals surface area contributed by atoms with E-state index in [4.69, 9.17) is 16.3 Å². The zero-order valence-corrected chi connectivity index (χ0v) is 11.9. The van der Waals surface area contributed by atoms with Crippen LogP contribution in [0.2, 0.25) is 5.15 Å². The number of nitro benzene ring substituents is 1. The van der Waals surface area contributed by atoms with Gasteiger partial charge in [-0.15, -0.1) is 10.2 Å². The normalized spacial score (nSPS) is 10.4. The van der Waals surface area contributed by atoms with Crippen molar-refractivity contribution in [2.75, 3.05) is 0 Å². The number of para-hydroxylation sites is 1. The minimum Gasteiger partial charge on any atom is -0.430 e. The highest BCUT2D eigenvalue weighted by Gasteiger charge is 2.20. The maximum atomic E-state index is 11.1. The van der Waals surface area contributed by atoms with E-state index in [0.29, 0.717) is 11.1 Å². The summed E-state index contributed by atoms with van der Waals surface area (Å²) in [5.74, 6) is 0.342. The highest BCUT2D eigenvalue weighted by Crippen LogP contribution is 2.35. The van der Waals surface area contributed by atoms with Crippen molar-refractivity contribution in [1.29, 1.82) is 0 Å². The van der Waals surface area contributed by atoms with Crippen LogP contribution in [0.3, 0.4) is 0 Å². The number of hydrogen-bond donors (Lipinski definition) is 0. The predicted molar refractivity (Wildman–Crippen MR) is 74.4 cm³/mol. The molecule has 0 aliphatic heterocycles. The van der Waals surface area contributed by atoms with Crippen molar-refractivity contribution in [2.45, 2.75) is 20.8 Å². The lowest BCUT2D eigenvalue weighted by Crippen LogP contribution is -2.00. The number of rotatable bonds is 3. The fourth-order valence-electron chi connectivity index (χ4n) is 1.70. The zero-order chi connectivity index (χ0) is 14.9. The van der Waals surface area contributed by atoms with Crippen LogP contribution in [0.1, 0.15) is 16.7 Å². The van der Waals surface area contributed by atoms with E-state index in [0.717, 1.165) is 5.56 Å². The Kier molecular flexibility index (Phi) is 3.85. The maximum absolute atomic E-state index is 11.1. The van der Waals surface area contributed by atoms with Gasteiger partial charge in [-0.05, 0) is 32.4 Å². The van der Waals surface area contributed by atoms with E-state index in [2.05, 4.69) is 10.2 Å². The van der Waals surface area contributed by atoms with E-state index in [1.165, 1.54) is 6.07 Å². The van der Waals surface area contributed by atoms with Crippen molar-refractivity contribution in [3.05, 3.63) is 50.2 Å². The van der Waals surface area contributed by atoms with Crippen LogP contribution in [0, 0.1) is 30.9 Å². The highest BCUT2D eigenvalue weighted by molar-refractivity contribution is 6.30. The van der Waals surface area contributed by atoms with E-state index >= 15 is 0 Å². The predicted octanol–water partition coefficient (Wildman–Crippen LogP) is 3.76. The van der Waals surface area contributed by atoms with Gasteiger partial charge in [0.05, 0.1) is 4.92 Å². The molecule has 0 saturated heterocycles. The van der Waals surface area contributed by atoms with Crippen LogP contribution < -0.4 is 4.74 Å². The first-order valence-electron chi connectivity index (χ1n) is 5.83. The van der Waals surface area contributed by atoms with Gasteiger partial charge in [0.1, 0.15) is 0 Å². The Hall–Kier alpha value is -2.21. The number of hydrogen-bond acceptors (Lipinski definition) is 5. The number of benzene rings is 1. The van der Waals surface area contributed by atoms with Gasteiger partial charge >= 0.3 is 5.69 Å². The molecule has 0 atom stereocenters. The third kappa shape index (κ3) is 2.55. The molecule has 0 saturated carbocycles. The van der Waals surface area contributed by atoms with Crippen LogP contribution in [0.4, 0.5) is 5.69 Å². The first-order chi connectivity index (χ1) is 9.41. The Morgan fingerprint density at radius 1 is 1.20 bits per heavy atom. The van der Waals surface area contributed by atoms with Crippen LogP contribution in [-0.2, 0) is 0 Å². The van der Waals surface area contributed by atoms with Gasteiger partial charge in [0.2, 0.25) is 11.6 Å². The Labute approximate surface area is 120 Å². The summed E-state index contributed by atoms with van der Waals surface area (Å²) in [4.78, 5) is 10.6. The molecule has 0 bridgehead atoms. The summed E-state index contributed by atoms with van der Waals surface area (Å²) in [5.41, 5.74) is 1.86. The number of ether oxygens (including phenoxy) is 1. The second kappa shape index (κ2) is 5.42. The molecular formula is C13H12ClN3O3. The van der Waals surface area contributed by atoms with Crippen molar-refractivity contribution >= 4 is 17.3 Å². The molecule has 0 spiro atoms. The van der Waals surface area contributed by atoms with Crippen LogP contribution >= 0.6 is 11.6 Å². The largest absolute Gasteiger partial charge is 0.430 e. The van der Waals surface area contributed by atoms with Crippen LogP contribution in [-0.4, -0.2) is 15.1 Å². The van der Waals surface area contributed by atoms with E-state index in [1.54, 1.807) is 32.9 Å². The van der Waals surface area contributed by atoms with Gasteiger partial charge in [0.25, 0.3) is 0 Å². The van der Waals surface area contributed by atoms with Gasteiger partial charge in [-0.2, -0.15) is 0 Å². The zero-order valence-electron chi connectivity index (χ0n) is 11.2. The summed E-state index contributed by atoms with van der Waals surface area (Å²) >= 11 is 5.86. The number of nitro groups is 1. The lowest BCUT2D eigenvalue weighted by atomic mass is 10.2. The molecule has 0 aliphatic rings. The molecule has 2 aromatic rings. The van der Waals surface area contributed by atoms with Crippen LogP contribution in [0.25, 0.3) is 0 Å². The molecule has 104 valence electrons. The Morgan fingerprint density at radius 2 is 1.90 bits per heavy atom. The summed E-state index contributed by atoms with van der Waals surface area (Å²) in [6.45, 7) is 5.20. The summed E-state index contributed by atoms with van der Waals surface area (Å²) in [6.07, 6.45) is 0. The van der Waals surface area contributed by atoms with Crippen molar-refractivity contribution in [3.8, 4) is 11.6 Å². The van der Waals surface area contributed by atoms with Gasteiger partial charge in [0, 0.05) is 11.1 Å². The molecule has 0 aliphatic carbocycles. The third-order valence-electron chi connectivity index (χ3n) is 3.01. The summed E-state index contributed by atoms with van der Waals surface area (Å²) in [5, 5.41) is 19.0. The van der Waals surface area contributed by atoms with Gasteiger partial charge in [0.15, 0.2) is 5.15 Å². The molecule has 0 fully saturated rings. The Morgan fingerprint density at radius 3 is 2.55 bits per heavy atom. The number of aryl methyl sites for hydroxylation is 1. The summed E-state index contributed by atoms with van der Waals surface area (Å²) in [6, 6.07) is 4.86. The molecular weight excluding hydrogens is 282 g/mol. The minimum atomic E-state index is -0.476. The van der Waals surface area contributed by atoms with Crippen molar-refractivity contribution < 1.29 is 9.66 Å². The van der Waals surface area contributed by atoms with Gasteiger partial charge < -0.3 is 4.74 Å². The minimum absolute atomic E-state index is 0.0821. The lowest BCUT2D eigenvalue weighted by molar-refractivity contribution is -0.386. The van der Waals surface area contributed by atoms with Crippen molar-refractivity contribution in [3.63, 3.8) is 0 Å². The first kappa shape index (κ1) is 14.2. The van der Waals surface area contributed by atoms with E-state index in [9.17, 15) is 10.1 Å². The second-order valence-corrected chi connectivity index (χ2v) is 4.68. The summed E-state index contributed by atoms with van der Waals surface area (Å²) < 4.78 is 5.54. The first-order valence-corrected chi connectivity index (χ1v) is 6.21. The fourth-order valence-corrected chi connectivity index (χ4v) is 1.88. The van der Waals surface area contributed by atoms with Crippen LogP contribution in [0.5, 0.6) is 11.6 Å². The Bertz CT molecular complexity index is 689. The van der Waals surface area contributed by atoms with E-state index in [-0.39, 0.29) is 22.5 Å². The Balaban J connectivity index is 2.48. The number of aromatic nitrogens is 2. The molecule has 1 aromatic heterocycles. The van der Waals surface area contributed by atoms with Crippen LogP contribution in [0.15, 0.2) is 18.2 Å². The van der Waals surface area contributed by atoms with E-state index in [1.807, 2.05) is 0 Å². The standard InChI is InChI=1S/C13H12ClN3O3/c1-7-5-4-6-10(11(7)17(18)19)20-13-9(3)8(2)12(14)15-16-13/h4-6H,1-3H3.